The second-order valence-corrected chi connectivity index (χ2v) is 10.2. The molecule has 0 aliphatic carbocycles. The summed E-state index contributed by atoms with van der Waals surface area (Å²) in [5.74, 6) is 0.382. The molecule has 0 aliphatic rings. The van der Waals surface area contributed by atoms with Crippen LogP contribution in [0.3, 0.4) is 0 Å². The van der Waals surface area contributed by atoms with Crippen molar-refractivity contribution in [2.75, 3.05) is 18.0 Å². The highest BCUT2D eigenvalue weighted by molar-refractivity contribution is 7.92. The fraction of sp³-hybridized carbons (Fsp3) is 0.261. The molecular weight excluding hydrogens is 432 g/mol. The number of carbonyl (C=O) groups is 1. The number of ether oxygens (including phenoxy) is 1. The van der Waals surface area contributed by atoms with Crippen LogP contribution in [-0.2, 0) is 14.8 Å². The lowest BCUT2D eigenvalue weighted by Crippen LogP contribution is -2.42. The van der Waals surface area contributed by atoms with Gasteiger partial charge in [0, 0.05) is 4.88 Å². The van der Waals surface area contributed by atoms with Crippen LogP contribution in [0.1, 0.15) is 24.8 Å². The highest BCUT2D eigenvalue weighted by atomic mass is 32.2. The molecule has 0 spiro atoms. The van der Waals surface area contributed by atoms with Crippen LogP contribution in [0.4, 0.5) is 5.69 Å². The van der Waals surface area contributed by atoms with E-state index in [0.717, 1.165) is 9.18 Å². The van der Waals surface area contributed by atoms with E-state index < -0.39 is 10.0 Å². The van der Waals surface area contributed by atoms with E-state index in [4.69, 9.17) is 4.74 Å². The minimum atomic E-state index is -3.94. The van der Waals surface area contributed by atoms with Crippen LogP contribution in [0.2, 0.25) is 0 Å². The molecule has 1 amide bonds. The van der Waals surface area contributed by atoms with Crippen molar-refractivity contribution < 1.29 is 17.9 Å². The molecule has 8 heteroatoms. The lowest BCUT2D eigenvalue weighted by atomic mass is 10.0. The highest BCUT2D eigenvalue weighted by Gasteiger charge is 2.28. The van der Waals surface area contributed by atoms with E-state index in [0.29, 0.717) is 11.4 Å². The Morgan fingerprint density at radius 1 is 1.03 bits per heavy atom. The van der Waals surface area contributed by atoms with Crippen LogP contribution in [0.25, 0.3) is 0 Å². The summed E-state index contributed by atoms with van der Waals surface area (Å²) in [5, 5.41) is 4.96. The number of rotatable bonds is 9. The molecule has 3 aromatic rings. The van der Waals surface area contributed by atoms with E-state index in [1.165, 1.54) is 19.2 Å². The predicted molar refractivity (Wildman–Crippen MR) is 124 cm³/mol. The molecule has 0 saturated carbocycles. The molecular formula is C23H26N2O4S2. The van der Waals surface area contributed by atoms with Gasteiger partial charge in [-0.2, -0.15) is 0 Å². The van der Waals surface area contributed by atoms with Crippen LogP contribution >= 0.6 is 11.3 Å². The Morgan fingerprint density at radius 2 is 1.71 bits per heavy atom. The number of anilines is 1. The first-order valence-electron chi connectivity index (χ1n) is 9.87. The Labute approximate surface area is 187 Å². The molecule has 0 bridgehead atoms. The first-order valence-corrected chi connectivity index (χ1v) is 12.2. The summed E-state index contributed by atoms with van der Waals surface area (Å²) in [4.78, 5) is 14.2. The average molecular weight is 459 g/mol. The van der Waals surface area contributed by atoms with Crippen molar-refractivity contribution >= 4 is 33.0 Å². The van der Waals surface area contributed by atoms with Crippen molar-refractivity contribution in [2.45, 2.75) is 24.8 Å². The van der Waals surface area contributed by atoms with Gasteiger partial charge in [-0.3, -0.25) is 9.10 Å². The van der Waals surface area contributed by atoms with Crippen LogP contribution in [0.15, 0.2) is 77.0 Å². The summed E-state index contributed by atoms with van der Waals surface area (Å²) < 4.78 is 33.1. The van der Waals surface area contributed by atoms with Gasteiger partial charge < -0.3 is 10.1 Å². The summed E-state index contributed by atoms with van der Waals surface area (Å²) in [6, 6.07) is 18.4. The van der Waals surface area contributed by atoms with Gasteiger partial charge in [0.2, 0.25) is 5.91 Å². The first-order chi connectivity index (χ1) is 14.8. The fourth-order valence-electron chi connectivity index (χ4n) is 3.17. The molecule has 3 rings (SSSR count). The van der Waals surface area contributed by atoms with E-state index in [9.17, 15) is 13.2 Å². The zero-order chi connectivity index (χ0) is 22.4. The average Bonchev–Trinajstić information content (AvgIpc) is 3.31. The normalized spacial score (nSPS) is 12.4. The monoisotopic (exact) mass is 458 g/mol. The molecule has 0 aliphatic heterocycles. The number of methoxy groups -OCH3 is 1. The minimum Gasteiger partial charge on any atom is -0.497 e. The van der Waals surface area contributed by atoms with Gasteiger partial charge in [0.05, 0.1) is 23.7 Å². The second kappa shape index (κ2) is 9.98. The summed E-state index contributed by atoms with van der Waals surface area (Å²) in [7, 11) is -2.41. The Balaban J connectivity index is 1.91. The van der Waals surface area contributed by atoms with Crippen LogP contribution in [0.5, 0.6) is 5.75 Å². The molecule has 1 unspecified atom stereocenters. The quantitative estimate of drug-likeness (QED) is 0.513. The number of amides is 1. The van der Waals surface area contributed by atoms with Crippen molar-refractivity contribution in [2.24, 2.45) is 5.92 Å². The largest absolute Gasteiger partial charge is 0.497 e. The molecule has 0 saturated heterocycles. The third-order valence-electron chi connectivity index (χ3n) is 4.81. The third kappa shape index (κ3) is 5.45. The molecule has 0 radical (unpaired) electrons. The molecule has 164 valence electrons. The molecule has 1 atom stereocenters. The van der Waals surface area contributed by atoms with E-state index in [-0.39, 0.29) is 29.3 Å². The zero-order valence-electron chi connectivity index (χ0n) is 17.7. The van der Waals surface area contributed by atoms with E-state index >= 15 is 0 Å². The van der Waals surface area contributed by atoms with Crippen molar-refractivity contribution in [3.8, 4) is 5.75 Å². The van der Waals surface area contributed by atoms with Gasteiger partial charge in [0.1, 0.15) is 12.3 Å². The summed E-state index contributed by atoms with van der Waals surface area (Å²) in [6.45, 7) is 3.71. The van der Waals surface area contributed by atoms with Crippen LogP contribution in [0, 0.1) is 5.92 Å². The number of hydrogen-bond acceptors (Lipinski definition) is 5. The Kier molecular flexibility index (Phi) is 7.35. The maximum atomic E-state index is 13.4. The summed E-state index contributed by atoms with van der Waals surface area (Å²) in [5.41, 5.74) is 0.386. The lowest BCUT2D eigenvalue weighted by Gasteiger charge is -2.27. The maximum Gasteiger partial charge on any atom is 0.264 e. The van der Waals surface area contributed by atoms with Gasteiger partial charge in [-0.05, 0) is 53.8 Å². The topological polar surface area (TPSA) is 75.7 Å². The van der Waals surface area contributed by atoms with E-state index in [2.05, 4.69) is 5.32 Å². The highest BCUT2D eigenvalue weighted by Crippen LogP contribution is 2.28. The van der Waals surface area contributed by atoms with Crippen LogP contribution in [-0.4, -0.2) is 28.0 Å². The van der Waals surface area contributed by atoms with Crippen molar-refractivity contribution in [3.63, 3.8) is 0 Å². The number of benzene rings is 2. The summed E-state index contributed by atoms with van der Waals surface area (Å²) in [6.07, 6.45) is 0. The molecule has 0 fully saturated rings. The van der Waals surface area contributed by atoms with Gasteiger partial charge >= 0.3 is 0 Å². The molecule has 6 nitrogen and oxygen atoms in total. The fourth-order valence-corrected chi connectivity index (χ4v) is 5.56. The number of sulfonamides is 1. The predicted octanol–water partition coefficient (Wildman–Crippen LogP) is 4.47. The Bertz CT molecular complexity index is 1080. The maximum absolute atomic E-state index is 13.4. The molecule has 1 heterocycles. The molecule has 2 aromatic carbocycles. The van der Waals surface area contributed by atoms with E-state index in [1.54, 1.807) is 53.8 Å². The zero-order valence-corrected chi connectivity index (χ0v) is 19.3. The number of carbonyl (C=O) groups excluding carboxylic acids is 1. The number of hydrogen-bond donors (Lipinski definition) is 1. The van der Waals surface area contributed by atoms with Gasteiger partial charge in [0.25, 0.3) is 10.0 Å². The first kappa shape index (κ1) is 22.8. The van der Waals surface area contributed by atoms with Crippen LogP contribution < -0.4 is 14.4 Å². The van der Waals surface area contributed by atoms with Gasteiger partial charge in [-0.15, -0.1) is 11.3 Å². The molecule has 31 heavy (non-hydrogen) atoms. The standard InChI is InChI=1S/C23H26N2O4S2/c1-17(2)23(21-10-7-15-30-21)24-22(26)16-25(18-11-13-19(29-3)14-12-18)31(27,28)20-8-5-4-6-9-20/h4-15,17,23H,16H2,1-3H3,(H,24,26). The van der Waals surface area contributed by atoms with Crippen molar-refractivity contribution in [3.05, 3.63) is 77.0 Å². The number of nitrogens with one attached hydrogen (secondary N) is 1. The smallest absolute Gasteiger partial charge is 0.264 e. The molecule has 1 N–H and O–H groups in total. The van der Waals surface area contributed by atoms with Gasteiger partial charge in [0.15, 0.2) is 0 Å². The second-order valence-electron chi connectivity index (χ2n) is 7.33. The summed E-state index contributed by atoms with van der Waals surface area (Å²) >= 11 is 1.56. The van der Waals surface area contributed by atoms with Crippen molar-refractivity contribution in [1.29, 1.82) is 0 Å². The molecule has 1 aromatic heterocycles. The number of nitrogens with zero attached hydrogens (tertiary/aromatic N) is 1. The van der Waals surface area contributed by atoms with Gasteiger partial charge in [-0.25, -0.2) is 8.42 Å². The Morgan fingerprint density at radius 3 is 2.26 bits per heavy atom. The lowest BCUT2D eigenvalue weighted by molar-refractivity contribution is -0.120. The van der Waals surface area contributed by atoms with Crippen molar-refractivity contribution in [1.82, 2.24) is 5.32 Å². The SMILES string of the molecule is COc1ccc(N(CC(=O)NC(c2cccs2)C(C)C)S(=O)(=O)c2ccccc2)cc1. The van der Waals surface area contributed by atoms with Gasteiger partial charge in [-0.1, -0.05) is 38.1 Å². The number of thiophene rings is 1. The van der Waals surface area contributed by atoms with E-state index in [1.807, 2.05) is 31.4 Å². The minimum absolute atomic E-state index is 0.122. The third-order valence-corrected chi connectivity index (χ3v) is 7.56. The Hall–Kier alpha value is -2.84.